The number of hydrogen-bond acceptors (Lipinski definition) is 3. The molecule has 2 heterocycles. The molecule has 0 bridgehead atoms. The van der Waals surface area contributed by atoms with E-state index in [1.54, 1.807) is 0 Å². The van der Waals surface area contributed by atoms with Crippen molar-refractivity contribution in [2.75, 3.05) is 0 Å². The van der Waals surface area contributed by atoms with Crippen LogP contribution in [0.5, 0.6) is 0 Å². The molecule has 0 spiro atoms. The number of hydrogen-bond donors (Lipinski definition) is 0. The summed E-state index contributed by atoms with van der Waals surface area (Å²) in [6.45, 7) is 1.94. The van der Waals surface area contributed by atoms with Gasteiger partial charge < -0.3 is 0 Å². The van der Waals surface area contributed by atoms with Crippen LogP contribution in [0.15, 0.2) is 22.0 Å². The van der Waals surface area contributed by atoms with Gasteiger partial charge in [-0.25, -0.2) is 8.78 Å². The lowest BCUT2D eigenvalue weighted by Gasteiger charge is -2.05. The fourth-order valence-electron chi connectivity index (χ4n) is 1.87. The first-order valence-electron chi connectivity index (χ1n) is 5.54. The molecule has 3 rings (SSSR count). The van der Waals surface area contributed by atoms with Crippen molar-refractivity contribution in [3.8, 4) is 10.6 Å². The Balaban J connectivity index is 2.36. The molecular formula is C13H6BrClF2N2S. The molecule has 1 aromatic carbocycles. The summed E-state index contributed by atoms with van der Waals surface area (Å²) in [6, 6.07) is 4.05. The molecule has 0 aliphatic heterocycles. The van der Waals surface area contributed by atoms with Gasteiger partial charge in [-0.3, -0.25) is 0 Å². The van der Waals surface area contributed by atoms with Crippen molar-refractivity contribution in [2.24, 2.45) is 0 Å². The van der Waals surface area contributed by atoms with Gasteiger partial charge in [0.1, 0.15) is 5.69 Å². The third-order valence-corrected chi connectivity index (χ3v) is 5.29. The Morgan fingerprint density at radius 1 is 1.10 bits per heavy atom. The average Bonchev–Trinajstić information content (AvgIpc) is 2.72. The summed E-state index contributed by atoms with van der Waals surface area (Å²) in [5.74, 6) is -1.89. The van der Waals surface area contributed by atoms with E-state index < -0.39 is 11.6 Å². The molecule has 3 aromatic rings. The van der Waals surface area contributed by atoms with E-state index in [1.807, 2.05) is 13.0 Å². The quantitative estimate of drug-likeness (QED) is 0.572. The van der Waals surface area contributed by atoms with Gasteiger partial charge in [0, 0.05) is 10.8 Å². The number of thiophene rings is 1. The Morgan fingerprint density at radius 3 is 2.35 bits per heavy atom. The van der Waals surface area contributed by atoms with Gasteiger partial charge in [-0.05, 0) is 46.6 Å². The highest BCUT2D eigenvalue weighted by Crippen LogP contribution is 2.38. The molecule has 102 valence electrons. The molecule has 0 saturated heterocycles. The lowest BCUT2D eigenvalue weighted by Crippen LogP contribution is -1.93. The molecule has 0 N–H and O–H groups in total. The monoisotopic (exact) mass is 374 g/mol. The van der Waals surface area contributed by atoms with Crippen molar-refractivity contribution in [2.45, 2.75) is 6.92 Å². The fourth-order valence-corrected chi connectivity index (χ4v) is 3.60. The van der Waals surface area contributed by atoms with E-state index in [1.165, 1.54) is 11.3 Å². The molecular weight excluding hydrogens is 370 g/mol. The minimum atomic E-state index is -0.957. The van der Waals surface area contributed by atoms with Gasteiger partial charge in [0.2, 0.25) is 0 Å². The number of nitrogens with zero attached hydrogens (tertiary/aromatic N) is 2. The summed E-state index contributed by atoms with van der Waals surface area (Å²) in [6.07, 6.45) is 0. The number of benzene rings is 1. The molecule has 0 aliphatic carbocycles. The maximum absolute atomic E-state index is 13.5. The lowest BCUT2D eigenvalue weighted by atomic mass is 10.1. The number of fused-ring (bicyclic) bond motifs is 1. The molecule has 0 aliphatic rings. The van der Waals surface area contributed by atoms with Crippen molar-refractivity contribution in [3.63, 3.8) is 0 Å². The van der Waals surface area contributed by atoms with E-state index in [0.717, 1.165) is 26.4 Å². The minimum Gasteiger partial charge on any atom is -0.204 e. The molecule has 0 unspecified atom stereocenters. The Bertz CT molecular complexity index is 815. The van der Waals surface area contributed by atoms with Crippen molar-refractivity contribution >= 4 is 49.6 Å². The van der Waals surface area contributed by atoms with Crippen LogP contribution in [-0.4, -0.2) is 10.2 Å². The summed E-state index contributed by atoms with van der Waals surface area (Å²) >= 11 is 10.8. The summed E-state index contributed by atoms with van der Waals surface area (Å²) in [5.41, 5.74) is 1.53. The van der Waals surface area contributed by atoms with Crippen molar-refractivity contribution in [3.05, 3.63) is 44.3 Å². The predicted molar refractivity (Wildman–Crippen MR) is 80.2 cm³/mol. The zero-order chi connectivity index (χ0) is 14.4. The zero-order valence-electron chi connectivity index (χ0n) is 10.0. The van der Waals surface area contributed by atoms with Crippen LogP contribution in [0.2, 0.25) is 5.15 Å². The first-order valence-corrected chi connectivity index (χ1v) is 7.53. The second-order valence-corrected chi connectivity index (χ2v) is 6.95. The Labute approximate surface area is 130 Å². The molecule has 0 fully saturated rings. The highest BCUT2D eigenvalue weighted by Gasteiger charge is 2.16. The lowest BCUT2D eigenvalue weighted by molar-refractivity contribution is 0.511. The first-order chi connectivity index (χ1) is 9.47. The third-order valence-electron chi connectivity index (χ3n) is 2.87. The van der Waals surface area contributed by atoms with Crippen LogP contribution < -0.4 is 0 Å². The van der Waals surface area contributed by atoms with E-state index in [-0.39, 0.29) is 5.15 Å². The second-order valence-electron chi connectivity index (χ2n) is 4.22. The molecule has 0 radical (unpaired) electrons. The fraction of sp³-hybridized carbons (Fsp3) is 0.0769. The van der Waals surface area contributed by atoms with Gasteiger partial charge in [0.15, 0.2) is 16.8 Å². The summed E-state index contributed by atoms with van der Waals surface area (Å²) in [7, 11) is 0. The Hall–Kier alpha value is -1.11. The van der Waals surface area contributed by atoms with Crippen LogP contribution in [0.25, 0.3) is 21.3 Å². The van der Waals surface area contributed by atoms with Crippen LogP contribution in [-0.2, 0) is 0 Å². The van der Waals surface area contributed by atoms with Gasteiger partial charge >= 0.3 is 0 Å². The van der Waals surface area contributed by atoms with E-state index in [4.69, 9.17) is 11.6 Å². The van der Waals surface area contributed by atoms with Gasteiger partial charge in [-0.15, -0.1) is 21.5 Å². The zero-order valence-corrected chi connectivity index (χ0v) is 13.2. The van der Waals surface area contributed by atoms with Gasteiger partial charge in [-0.2, -0.15) is 0 Å². The maximum atomic E-state index is 13.5. The van der Waals surface area contributed by atoms with Crippen LogP contribution in [0, 0.1) is 18.6 Å². The molecule has 0 atom stereocenters. The normalized spacial score (nSPS) is 11.2. The third kappa shape index (κ3) is 2.21. The largest absolute Gasteiger partial charge is 0.204 e. The number of rotatable bonds is 1. The molecule has 0 saturated carbocycles. The van der Waals surface area contributed by atoms with E-state index in [2.05, 4.69) is 26.1 Å². The molecule has 2 nitrogen and oxygen atoms in total. The van der Waals surface area contributed by atoms with E-state index in [9.17, 15) is 8.78 Å². The smallest absolute Gasteiger partial charge is 0.159 e. The number of aromatic nitrogens is 2. The summed E-state index contributed by atoms with van der Waals surface area (Å²) < 4.78 is 27.8. The molecule has 20 heavy (non-hydrogen) atoms. The minimum absolute atomic E-state index is 0.0509. The highest BCUT2D eigenvalue weighted by atomic mass is 79.9. The predicted octanol–water partition coefficient (Wildman–Crippen LogP) is 5.36. The standard InChI is InChI=1S/C13H6BrClF2N2S/c1-5-2-10(20-12(5)14)11-6-3-8(16)9(17)4-7(6)13(15)19-18-11/h2-4H,1H3. The van der Waals surface area contributed by atoms with Crippen LogP contribution in [0.1, 0.15) is 5.56 Å². The SMILES string of the molecule is Cc1cc(-c2nnc(Cl)c3cc(F)c(F)cc23)sc1Br. The van der Waals surface area contributed by atoms with E-state index >= 15 is 0 Å². The Morgan fingerprint density at radius 2 is 1.75 bits per heavy atom. The van der Waals surface area contributed by atoms with E-state index in [0.29, 0.717) is 16.5 Å². The summed E-state index contributed by atoms with van der Waals surface area (Å²) in [4.78, 5) is 0.814. The first kappa shape index (κ1) is 13.9. The second kappa shape index (κ2) is 5.02. The Kier molecular flexibility index (Phi) is 3.48. The van der Waals surface area contributed by atoms with Crippen LogP contribution in [0.3, 0.4) is 0 Å². The molecule has 7 heteroatoms. The molecule has 2 aromatic heterocycles. The average molecular weight is 376 g/mol. The maximum Gasteiger partial charge on any atom is 0.159 e. The van der Waals surface area contributed by atoms with Gasteiger partial charge in [0.05, 0.1) is 8.66 Å². The number of halogens is 4. The summed E-state index contributed by atoms with van der Waals surface area (Å²) in [5, 5.41) is 8.67. The van der Waals surface area contributed by atoms with Crippen LogP contribution in [0.4, 0.5) is 8.78 Å². The highest BCUT2D eigenvalue weighted by molar-refractivity contribution is 9.11. The van der Waals surface area contributed by atoms with Gasteiger partial charge in [-0.1, -0.05) is 11.6 Å². The van der Waals surface area contributed by atoms with Crippen LogP contribution >= 0.6 is 38.9 Å². The van der Waals surface area contributed by atoms with Crippen molar-refractivity contribution in [1.82, 2.24) is 10.2 Å². The van der Waals surface area contributed by atoms with Crippen molar-refractivity contribution in [1.29, 1.82) is 0 Å². The topological polar surface area (TPSA) is 25.8 Å². The van der Waals surface area contributed by atoms with Crippen molar-refractivity contribution < 1.29 is 8.78 Å². The van der Waals surface area contributed by atoms with Gasteiger partial charge in [0.25, 0.3) is 0 Å². The number of aryl methyl sites for hydroxylation is 1. The molecule has 0 amide bonds.